The number of anilines is 2. The van der Waals surface area contributed by atoms with E-state index < -0.39 is 17.4 Å². The number of ketones is 1. The van der Waals surface area contributed by atoms with E-state index in [9.17, 15) is 13.6 Å². The van der Waals surface area contributed by atoms with Crippen molar-refractivity contribution in [3.8, 4) is 0 Å². The standard InChI is InChI=1S/C15H14F2N2O/c1-19(2)14-4-3-12(18)8-13(14)15(20)9-5-10(16)7-11(17)6-9/h3-8H,18H2,1-2H3. The fourth-order valence-corrected chi connectivity index (χ4v) is 1.97. The van der Waals surface area contributed by atoms with Crippen LogP contribution in [0, 0.1) is 11.6 Å². The second-order valence-electron chi connectivity index (χ2n) is 4.66. The minimum Gasteiger partial charge on any atom is -0.399 e. The van der Waals surface area contributed by atoms with Gasteiger partial charge in [0.1, 0.15) is 11.6 Å². The summed E-state index contributed by atoms with van der Waals surface area (Å²) in [6, 6.07) is 7.60. The van der Waals surface area contributed by atoms with Gasteiger partial charge in [-0.2, -0.15) is 0 Å². The Balaban J connectivity index is 2.55. The van der Waals surface area contributed by atoms with Gasteiger partial charge in [0, 0.05) is 42.7 Å². The molecule has 3 nitrogen and oxygen atoms in total. The van der Waals surface area contributed by atoms with Crippen molar-refractivity contribution in [1.82, 2.24) is 0 Å². The Morgan fingerprint density at radius 2 is 1.65 bits per heavy atom. The van der Waals surface area contributed by atoms with Crippen LogP contribution in [0.4, 0.5) is 20.2 Å². The normalized spacial score (nSPS) is 10.4. The Kier molecular flexibility index (Phi) is 3.70. The summed E-state index contributed by atoms with van der Waals surface area (Å²) in [6.45, 7) is 0. The third-order valence-corrected chi connectivity index (χ3v) is 2.87. The minimum atomic E-state index is -0.788. The molecule has 2 rings (SSSR count). The molecule has 0 heterocycles. The summed E-state index contributed by atoms with van der Waals surface area (Å²) in [7, 11) is 3.54. The SMILES string of the molecule is CN(C)c1ccc(N)cc1C(=O)c1cc(F)cc(F)c1. The largest absolute Gasteiger partial charge is 0.399 e. The van der Waals surface area contributed by atoms with Crippen molar-refractivity contribution in [2.75, 3.05) is 24.7 Å². The van der Waals surface area contributed by atoms with E-state index in [-0.39, 0.29) is 5.56 Å². The van der Waals surface area contributed by atoms with Gasteiger partial charge in [-0.25, -0.2) is 8.78 Å². The third kappa shape index (κ3) is 2.77. The molecule has 0 aromatic heterocycles. The molecule has 5 heteroatoms. The molecule has 0 bridgehead atoms. The first-order chi connectivity index (χ1) is 9.38. The number of nitrogens with zero attached hydrogens (tertiary/aromatic N) is 1. The molecule has 2 aromatic rings. The lowest BCUT2D eigenvalue weighted by atomic mass is 10.0. The molecule has 0 spiro atoms. The molecular formula is C15H14F2N2O. The minimum absolute atomic E-state index is 0.0452. The summed E-state index contributed by atoms with van der Waals surface area (Å²) in [4.78, 5) is 14.2. The van der Waals surface area contributed by atoms with Crippen molar-refractivity contribution in [3.05, 3.63) is 59.2 Å². The lowest BCUT2D eigenvalue weighted by molar-refractivity contribution is 0.103. The van der Waals surface area contributed by atoms with Gasteiger partial charge < -0.3 is 10.6 Å². The van der Waals surface area contributed by atoms with E-state index in [4.69, 9.17) is 5.73 Å². The molecule has 20 heavy (non-hydrogen) atoms. The number of nitrogen functional groups attached to an aromatic ring is 1. The molecule has 0 fully saturated rings. The van der Waals surface area contributed by atoms with Gasteiger partial charge >= 0.3 is 0 Å². The molecule has 2 aromatic carbocycles. The van der Waals surface area contributed by atoms with Crippen LogP contribution in [0.15, 0.2) is 36.4 Å². The summed E-state index contributed by atoms with van der Waals surface area (Å²) in [6.07, 6.45) is 0. The van der Waals surface area contributed by atoms with Crippen LogP contribution in [0.3, 0.4) is 0 Å². The molecule has 0 amide bonds. The molecular weight excluding hydrogens is 262 g/mol. The smallest absolute Gasteiger partial charge is 0.195 e. The molecule has 0 saturated heterocycles. The van der Waals surface area contributed by atoms with Crippen LogP contribution in [-0.2, 0) is 0 Å². The highest BCUT2D eigenvalue weighted by molar-refractivity contribution is 6.12. The summed E-state index contributed by atoms with van der Waals surface area (Å²) in [5.41, 5.74) is 6.99. The average Bonchev–Trinajstić information content (AvgIpc) is 2.36. The highest BCUT2D eigenvalue weighted by Gasteiger charge is 2.17. The molecule has 0 aliphatic rings. The Labute approximate surface area is 115 Å². The zero-order valence-corrected chi connectivity index (χ0v) is 11.2. The zero-order chi connectivity index (χ0) is 14.9. The average molecular weight is 276 g/mol. The van der Waals surface area contributed by atoms with Gasteiger partial charge in [0.25, 0.3) is 0 Å². The van der Waals surface area contributed by atoms with E-state index in [1.54, 1.807) is 31.1 Å². The number of hydrogen-bond donors (Lipinski definition) is 1. The summed E-state index contributed by atoms with van der Waals surface area (Å²) < 4.78 is 26.4. The number of benzene rings is 2. The first-order valence-electron chi connectivity index (χ1n) is 5.96. The topological polar surface area (TPSA) is 46.3 Å². The Morgan fingerprint density at radius 1 is 1.05 bits per heavy atom. The fourth-order valence-electron chi connectivity index (χ4n) is 1.97. The van der Waals surface area contributed by atoms with E-state index in [1.165, 1.54) is 6.07 Å². The van der Waals surface area contributed by atoms with Crippen molar-refractivity contribution in [1.29, 1.82) is 0 Å². The van der Waals surface area contributed by atoms with E-state index in [2.05, 4.69) is 0 Å². The first-order valence-corrected chi connectivity index (χ1v) is 5.96. The van der Waals surface area contributed by atoms with Crippen molar-refractivity contribution >= 4 is 17.2 Å². The first kappa shape index (κ1) is 14.0. The van der Waals surface area contributed by atoms with Gasteiger partial charge in [-0.1, -0.05) is 0 Å². The number of nitrogens with two attached hydrogens (primary N) is 1. The fraction of sp³-hybridized carbons (Fsp3) is 0.133. The third-order valence-electron chi connectivity index (χ3n) is 2.87. The molecule has 0 aliphatic carbocycles. The second kappa shape index (κ2) is 5.28. The van der Waals surface area contributed by atoms with Crippen molar-refractivity contribution in [2.24, 2.45) is 0 Å². The second-order valence-corrected chi connectivity index (χ2v) is 4.66. The van der Waals surface area contributed by atoms with E-state index in [1.807, 2.05) is 0 Å². The van der Waals surface area contributed by atoms with Crippen LogP contribution >= 0.6 is 0 Å². The van der Waals surface area contributed by atoms with Crippen LogP contribution in [0.2, 0.25) is 0 Å². The predicted molar refractivity (Wildman–Crippen MR) is 75.0 cm³/mol. The monoisotopic (exact) mass is 276 g/mol. The molecule has 0 radical (unpaired) electrons. The number of carbonyl (C=O) groups excluding carboxylic acids is 1. The summed E-state index contributed by atoms with van der Waals surface area (Å²) in [5.74, 6) is -2.05. The van der Waals surface area contributed by atoms with Gasteiger partial charge in [-0.3, -0.25) is 4.79 Å². The number of rotatable bonds is 3. The molecule has 0 atom stereocenters. The lowest BCUT2D eigenvalue weighted by Gasteiger charge is -2.17. The lowest BCUT2D eigenvalue weighted by Crippen LogP contribution is -2.15. The summed E-state index contributed by atoms with van der Waals surface area (Å²) >= 11 is 0. The molecule has 0 aliphatic heterocycles. The number of hydrogen-bond acceptors (Lipinski definition) is 3. The summed E-state index contributed by atoms with van der Waals surface area (Å²) in [5, 5.41) is 0. The van der Waals surface area contributed by atoms with E-state index in [0.717, 1.165) is 18.2 Å². The molecule has 2 N–H and O–H groups in total. The van der Waals surface area contributed by atoms with Crippen molar-refractivity contribution < 1.29 is 13.6 Å². The van der Waals surface area contributed by atoms with Gasteiger partial charge in [-0.05, 0) is 30.3 Å². The molecule has 104 valence electrons. The van der Waals surface area contributed by atoms with Crippen LogP contribution < -0.4 is 10.6 Å². The van der Waals surface area contributed by atoms with Crippen LogP contribution in [0.5, 0.6) is 0 Å². The van der Waals surface area contributed by atoms with Crippen LogP contribution in [0.1, 0.15) is 15.9 Å². The van der Waals surface area contributed by atoms with Crippen LogP contribution in [-0.4, -0.2) is 19.9 Å². The zero-order valence-electron chi connectivity index (χ0n) is 11.2. The van der Waals surface area contributed by atoms with Crippen molar-refractivity contribution in [2.45, 2.75) is 0 Å². The maximum Gasteiger partial charge on any atom is 0.195 e. The quantitative estimate of drug-likeness (QED) is 0.692. The Morgan fingerprint density at radius 3 is 2.20 bits per heavy atom. The van der Waals surface area contributed by atoms with Gasteiger partial charge in [0.05, 0.1) is 0 Å². The Hall–Kier alpha value is -2.43. The van der Waals surface area contributed by atoms with Gasteiger partial charge in [0.15, 0.2) is 5.78 Å². The van der Waals surface area contributed by atoms with Gasteiger partial charge in [0.2, 0.25) is 0 Å². The predicted octanol–water partition coefficient (Wildman–Crippen LogP) is 2.84. The van der Waals surface area contributed by atoms with E-state index >= 15 is 0 Å². The maximum absolute atomic E-state index is 13.2. The van der Waals surface area contributed by atoms with E-state index in [0.29, 0.717) is 16.9 Å². The highest BCUT2D eigenvalue weighted by atomic mass is 19.1. The number of carbonyl (C=O) groups is 1. The Bertz CT molecular complexity index is 649. The molecule has 0 unspecified atom stereocenters. The highest BCUT2D eigenvalue weighted by Crippen LogP contribution is 2.25. The number of halogens is 2. The van der Waals surface area contributed by atoms with Crippen LogP contribution in [0.25, 0.3) is 0 Å². The van der Waals surface area contributed by atoms with Crippen molar-refractivity contribution in [3.63, 3.8) is 0 Å². The van der Waals surface area contributed by atoms with Gasteiger partial charge in [-0.15, -0.1) is 0 Å². The maximum atomic E-state index is 13.2. The molecule has 0 saturated carbocycles.